The Morgan fingerprint density at radius 1 is 1.15 bits per heavy atom. The van der Waals surface area contributed by atoms with Crippen molar-refractivity contribution in [3.8, 4) is 0 Å². The molecule has 0 bridgehead atoms. The molecule has 0 aliphatic rings. The zero-order valence-electron chi connectivity index (χ0n) is 8.82. The van der Waals surface area contributed by atoms with Crippen LogP contribution in [-0.4, -0.2) is 45.4 Å². The zero-order chi connectivity index (χ0) is 10.3. The minimum atomic E-state index is -0.606. The SMILES string of the molecule is COCCC(C)C(O)C(OC)OC. The van der Waals surface area contributed by atoms with Crippen LogP contribution in [0.1, 0.15) is 13.3 Å². The molecule has 0 fully saturated rings. The fourth-order valence-electron chi connectivity index (χ4n) is 1.12. The maximum atomic E-state index is 9.70. The largest absolute Gasteiger partial charge is 0.388 e. The van der Waals surface area contributed by atoms with Crippen molar-refractivity contribution in [2.75, 3.05) is 27.9 Å². The van der Waals surface area contributed by atoms with Crippen LogP contribution in [0.2, 0.25) is 0 Å². The Kier molecular flexibility index (Phi) is 7.17. The van der Waals surface area contributed by atoms with Crippen molar-refractivity contribution in [3.05, 3.63) is 0 Å². The summed E-state index contributed by atoms with van der Waals surface area (Å²) < 4.78 is 14.8. The highest BCUT2D eigenvalue weighted by molar-refractivity contribution is 4.67. The molecule has 0 aliphatic heterocycles. The molecule has 4 nitrogen and oxygen atoms in total. The van der Waals surface area contributed by atoms with E-state index < -0.39 is 12.4 Å². The second-order valence-electron chi connectivity index (χ2n) is 3.09. The Hall–Kier alpha value is -0.160. The van der Waals surface area contributed by atoms with E-state index in [9.17, 15) is 5.11 Å². The van der Waals surface area contributed by atoms with Crippen LogP contribution in [0.25, 0.3) is 0 Å². The number of hydrogen-bond acceptors (Lipinski definition) is 4. The highest BCUT2D eigenvalue weighted by Gasteiger charge is 2.23. The van der Waals surface area contributed by atoms with E-state index in [2.05, 4.69) is 0 Å². The van der Waals surface area contributed by atoms with Gasteiger partial charge in [-0.2, -0.15) is 0 Å². The van der Waals surface area contributed by atoms with Gasteiger partial charge in [0, 0.05) is 27.9 Å². The van der Waals surface area contributed by atoms with Crippen molar-refractivity contribution < 1.29 is 19.3 Å². The Morgan fingerprint density at radius 3 is 2.08 bits per heavy atom. The molecule has 0 rings (SSSR count). The van der Waals surface area contributed by atoms with Crippen LogP contribution in [0, 0.1) is 5.92 Å². The van der Waals surface area contributed by atoms with Gasteiger partial charge < -0.3 is 19.3 Å². The van der Waals surface area contributed by atoms with Crippen molar-refractivity contribution in [3.63, 3.8) is 0 Å². The van der Waals surface area contributed by atoms with Gasteiger partial charge in [-0.15, -0.1) is 0 Å². The first kappa shape index (κ1) is 12.8. The average Bonchev–Trinajstić information content (AvgIpc) is 2.15. The molecule has 0 spiro atoms. The molecule has 0 amide bonds. The molecule has 13 heavy (non-hydrogen) atoms. The summed E-state index contributed by atoms with van der Waals surface area (Å²) in [5.41, 5.74) is 0. The van der Waals surface area contributed by atoms with Gasteiger partial charge in [0.05, 0.1) is 0 Å². The molecule has 0 heterocycles. The third-order valence-electron chi connectivity index (χ3n) is 2.10. The molecule has 2 atom stereocenters. The van der Waals surface area contributed by atoms with Gasteiger partial charge in [-0.05, 0) is 12.3 Å². The van der Waals surface area contributed by atoms with E-state index in [0.717, 1.165) is 6.42 Å². The topological polar surface area (TPSA) is 47.9 Å². The Balaban J connectivity index is 3.83. The lowest BCUT2D eigenvalue weighted by Gasteiger charge is -2.25. The lowest BCUT2D eigenvalue weighted by Crippen LogP contribution is -2.35. The van der Waals surface area contributed by atoms with E-state index in [4.69, 9.17) is 14.2 Å². The van der Waals surface area contributed by atoms with Crippen molar-refractivity contribution >= 4 is 0 Å². The lowest BCUT2D eigenvalue weighted by atomic mass is 10.0. The smallest absolute Gasteiger partial charge is 0.182 e. The molecule has 0 saturated heterocycles. The van der Waals surface area contributed by atoms with Gasteiger partial charge in [0.25, 0.3) is 0 Å². The standard InChI is InChI=1S/C9H20O4/c1-7(5-6-11-2)8(10)9(12-3)13-4/h7-10H,5-6H2,1-4H3. The summed E-state index contributed by atoms with van der Waals surface area (Å²) in [7, 11) is 4.67. The second kappa shape index (κ2) is 7.26. The van der Waals surface area contributed by atoms with Crippen molar-refractivity contribution in [1.29, 1.82) is 0 Å². The third-order valence-corrected chi connectivity index (χ3v) is 2.10. The van der Waals surface area contributed by atoms with E-state index in [0.29, 0.717) is 6.61 Å². The summed E-state index contributed by atoms with van der Waals surface area (Å²) in [6.45, 7) is 2.58. The van der Waals surface area contributed by atoms with E-state index in [1.807, 2.05) is 6.92 Å². The van der Waals surface area contributed by atoms with Crippen LogP contribution < -0.4 is 0 Å². The average molecular weight is 192 g/mol. The van der Waals surface area contributed by atoms with Gasteiger partial charge in [0.15, 0.2) is 6.29 Å². The van der Waals surface area contributed by atoms with Crippen LogP contribution >= 0.6 is 0 Å². The zero-order valence-corrected chi connectivity index (χ0v) is 8.82. The van der Waals surface area contributed by atoms with E-state index in [1.165, 1.54) is 14.2 Å². The summed E-state index contributed by atoms with van der Waals surface area (Å²) in [5, 5.41) is 9.70. The molecule has 1 N–H and O–H groups in total. The molecule has 0 aromatic heterocycles. The molecule has 4 heteroatoms. The van der Waals surface area contributed by atoms with Crippen molar-refractivity contribution in [2.24, 2.45) is 5.92 Å². The number of hydrogen-bond donors (Lipinski definition) is 1. The van der Waals surface area contributed by atoms with E-state index >= 15 is 0 Å². The van der Waals surface area contributed by atoms with Gasteiger partial charge in [-0.25, -0.2) is 0 Å². The number of methoxy groups -OCH3 is 3. The number of ether oxygens (including phenoxy) is 3. The molecule has 0 aromatic carbocycles. The maximum Gasteiger partial charge on any atom is 0.182 e. The van der Waals surface area contributed by atoms with E-state index in [-0.39, 0.29) is 5.92 Å². The molecular weight excluding hydrogens is 172 g/mol. The maximum absolute atomic E-state index is 9.70. The summed E-state index contributed by atoms with van der Waals surface area (Å²) in [6, 6.07) is 0. The molecular formula is C9H20O4. The van der Waals surface area contributed by atoms with Crippen molar-refractivity contribution in [1.82, 2.24) is 0 Å². The van der Waals surface area contributed by atoms with Gasteiger partial charge in [-0.3, -0.25) is 0 Å². The fourth-order valence-corrected chi connectivity index (χ4v) is 1.12. The molecule has 0 aromatic rings. The fraction of sp³-hybridized carbons (Fsp3) is 1.00. The van der Waals surface area contributed by atoms with Gasteiger partial charge in [0.1, 0.15) is 6.10 Å². The predicted octanol–water partition coefficient (Wildman–Crippen LogP) is 0.639. The molecule has 0 saturated carbocycles. The first-order chi connectivity index (χ1) is 6.17. The van der Waals surface area contributed by atoms with Crippen LogP contribution in [0.3, 0.4) is 0 Å². The summed E-state index contributed by atoms with van der Waals surface area (Å²) in [5.74, 6) is 0.102. The van der Waals surface area contributed by atoms with Crippen LogP contribution in [0.15, 0.2) is 0 Å². The summed E-state index contributed by atoms with van der Waals surface area (Å²) in [4.78, 5) is 0. The molecule has 80 valence electrons. The Labute approximate surface area is 79.8 Å². The summed E-state index contributed by atoms with van der Waals surface area (Å²) >= 11 is 0. The minimum Gasteiger partial charge on any atom is -0.388 e. The van der Waals surface area contributed by atoms with Crippen molar-refractivity contribution in [2.45, 2.75) is 25.7 Å². The first-order valence-corrected chi connectivity index (χ1v) is 4.40. The van der Waals surface area contributed by atoms with Crippen LogP contribution in [-0.2, 0) is 14.2 Å². The quantitative estimate of drug-likeness (QED) is 0.601. The minimum absolute atomic E-state index is 0.102. The Morgan fingerprint density at radius 2 is 1.69 bits per heavy atom. The lowest BCUT2D eigenvalue weighted by molar-refractivity contribution is -0.178. The summed E-state index contributed by atoms with van der Waals surface area (Å²) in [6.07, 6.45) is -0.363. The number of rotatable bonds is 7. The number of aliphatic hydroxyl groups is 1. The number of aliphatic hydroxyl groups excluding tert-OH is 1. The van der Waals surface area contributed by atoms with Gasteiger partial charge in [0.2, 0.25) is 0 Å². The first-order valence-electron chi connectivity index (χ1n) is 4.40. The highest BCUT2D eigenvalue weighted by Crippen LogP contribution is 2.13. The van der Waals surface area contributed by atoms with Crippen LogP contribution in [0.4, 0.5) is 0 Å². The van der Waals surface area contributed by atoms with Gasteiger partial charge in [-0.1, -0.05) is 6.92 Å². The Bertz CT molecular complexity index is 114. The predicted molar refractivity (Wildman–Crippen MR) is 49.5 cm³/mol. The van der Waals surface area contributed by atoms with Crippen LogP contribution in [0.5, 0.6) is 0 Å². The normalized spacial score (nSPS) is 16.2. The van der Waals surface area contributed by atoms with Gasteiger partial charge >= 0.3 is 0 Å². The molecule has 0 aliphatic carbocycles. The second-order valence-corrected chi connectivity index (χ2v) is 3.09. The highest BCUT2D eigenvalue weighted by atomic mass is 16.7. The monoisotopic (exact) mass is 192 g/mol. The molecule has 0 radical (unpaired) electrons. The third kappa shape index (κ3) is 4.57. The van der Waals surface area contributed by atoms with E-state index in [1.54, 1.807) is 7.11 Å². The molecule has 2 unspecified atom stereocenters.